The minimum absolute atomic E-state index is 0.363. The summed E-state index contributed by atoms with van der Waals surface area (Å²) in [7, 11) is 0. The Balaban J connectivity index is 2.30. The van der Waals surface area contributed by atoms with Crippen molar-refractivity contribution in [3.05, 3.63) is 35.7 Å². The summed E-state index contributed by atoms with van der Waals surface area (Å²) in [6.07, 6.45) is 4.54. The van der Waals surface area contributed by atoms with Crippen LogP contribution < -0.4 is 4.90 Å². The maximum atomic E-state index is 13.9. The van der Waals surface area contributed by atoms with E-state index in [2.05, 4.69) is 11.8 Å². The van der Waals surface area contributed by atoms with Crippen molar-refractivity contribution in [2.75, 3.05) is 18.0 Å². The lowest BCUT2D eigenvalue weighted by Crippen LogP contribution is -2.20. The number of hydrogen-bond donors (Lipinski definition) is 1. The average molecular weight is 263 g/mol. The molecule has 4 heteroatoms. The number of aliphatic carboxylic acids is 1. The van der Waals surface area contributed by atoms with Crippen molar-refractivity contribution in [2.24, 2.45) is 5.92 Å². The molecule has 1 unspecified atom stereocenters. The largest absolute Gasteiger partial charge is 0.478 e. The van der Waals surface area contributed by atoms with Gasteiger partial charge in [-0.2, -0.15) is 0 Å². The quantitative estimate of drug-likeness (QED) is 0.848. The maximum absolute atomic E-state index is 13.9. The highest BCUT2D eigenvalue weighted by Gasteiger charge is 2.23. The zero-order valence-electron chi connectivity index (χ0n) is 11.0. The molecule has 0 bridgehead atoms. The molecule has 1 aliphatic rings. The van der Waals surface area contributed by atoms with Crippen molar-refractivity contribution in [1.82, 2.24) is 0 Å². The molecular formula is C15H18FNO2. The molecule has 1 aromatic rings. The molecule has 3 nitrogen and oxygen atoms in total. The van der Waals surface area contributed by atoms with Gasteiger partial charge in [0.15, 0.2) is 0 Å². The summed E-state index contributed by atoms with van der Waals surface area (Å²) in [6.45, 7) is 3.97. The lowest BCUT2D eigenvalue weighted by atomic mass is 10.1. The first kappa shape index (κ1) is 13.6. The first-order chi connectivity index (χ1) is 9.11. The van der Waals surface area contributed by atoms with Crippen molar-refractivity contribution in [1.29, 1.82) is 0 Å². The number of benzene rings is 1. The van der Waals surface area contributed by atoms with E-state index in [1.54, 1.807) is 6.07 Å². The van der Waals surface area contributed by atoms with Gasteiger partial charge in [0.25, 0.3) is 0 Å². The zero-order chi connectivity index (χ0) is 13.8. The number of halogens is 1. The first-order valence-corrected chi connectivity index (χ1v) is 6.56. The fourth-order valence-electron chi connectivity index (χ4n) is 2.51. The third-order valence-electron chi connectivity index (χ3n) is 3.63. The van der Waals surface area contributed by atoms with Crippen LogP contribution in [0.15, 0.2) is 24.3 Å². The molecule has 0 amide bonds. The fraction of sp³-hybridized carbons (Fsp3) is 0.400. The van der Waals surface area contributed by atoms with Gasteiger partial charge in [-0.1, -0.05) is 19.4 Å². The Bertz CT molecular complexity index is 499. The highest BCUT2D eigenvalue weighted by molar-refractivity contribution is 5.87. The van der Waals surface area contributed by atoms with Crippen LogP contribution in [0, 0.1) is 11.7 Å². The van der Waals surface area contributed by atoms with Crippen LogP contribution in [0.5, 0.6) is 0 Å². The molecule has 1 heterocycles. The maximum Gasteiger partial charge on any atom is 0.328 e. The summed E-state index contributed by atoms with van der Waals surface area (Å²) in [5.74, 6) is -0.809. The van der Waals surface area contributed by atoms with E-state index < -0.39 is 5.97 Å². The van der Waals surface area contributed by atoms with Crippen molar-refractivity contribution >= 4 is 17.7 Å². The molecule has 0 aliphatic carbocycles. The highest BCUT2D eigenvalue weighted by Crippen LogP contribution is 2.30. The molecule has 0 aromatic heterocycles. The van der Waals surface area contributed by atoms with Gasteiger partial charge in [0.05, 0.1) is 0 Å². The van der Waals surface area contributed by atoms with E-state index in [9.17, 15) is 9.18 Å². The van der Waals surface area contributed by atoms with Crippen molar-refractivity contribution in [3.8, 4) is 0 Å². The Kier molecular flexibility index (Phi) is 4.20. The highest BCUT2D eigenvalue weighted by atomic mass is 19.1. The molecular weight excluding hydrogens is 245 g/mol. The van der Waals surface area contributed by atoms with Gasteiger partial charge in [0.1, 0.15) is 5.82 Å². The minimum Gasteiger partial charge on any atom is -0.478 e. The summed E-state index contributed by atoms with van der Waals surface area (Å²) >= 11 is 0. The van der Waals surface area contributed by atoms with E-state index in [0.29, 0.717) is 11.5 Å². The number of carboxylic acid groups (broad SMARTS) is 1. The summed E-state index contributed by atoms with van der Waals surface area (Å²) < 4.78 is 13.9. The van der Waals surface area contributed by atoms with Crippen LogP contribution in [0.2, 0.25) is 0 Å². The van der Waals surface area contributed by atoms with Crippen LogP contribution in [-0.4, -0.2) is 24.2 Å². The Morgan fingerprint density at radius 3 is 3.00 bits per heavy atom. The summed E-state index contributed by atoms with van der Waals surface area (Å²) in [5, 5.41) is 8.68. The Labute approximate surface area is 112 Å². The third kappa shape index (κ3) is 3.13. The molecule has 1 atom stereocenters. The van der Waals surface area contributed by atoms with Crippen LogP contribution in [-0.2, 0) is 4.79 Å². The number of anilines is 1. The number of hydrogen-bond acceptors (Lipinski definition) is 2. The molecule has 1 N–H and O–H groups in total. The molecule has 1 saturated heterocycles. The van der Waals surface area contributed by atoms with Gasteiger partial charge in [-0.3, -0.25) is 0 Å². The monoisotopic (exact) mass is 263 g/mol. The summed E-state index contributed by atoms with van der Waals surface area (Å²) in [5.41, 5.74) is 1.15. The number of carbonyl (C=O) groups is 1. The molecule has 19 heavy (non-hydrogen) atoms. The topological polar surface area (TPSA) is 40.5 Å². The number of nitrogens with zero attached hydrogens (tertiary/aromatic N) is 1. The number of rotatable bonds is 4. The van der Waals surface area contributed by atoms with Gasteiger partial charge in [-0.15, -0.1) is 0 Å². The lowest BCUT2D eigenvalue weighted by Gasteiger charge is -2.21. The molecule has 0 saturated carbocycles. The van der Waals surface area contributed by atoms with E-state index in [1.807, 2.05) is 6.07 Å². The Morgan fingerprint density at radius 2 is 2.37 bits per heavy atom. The first-order valence-electron chi connectivity index (χ1n) is 6.56. The van der Waals surface area contributed by atoms with E-state index in [4.69, 9.17) is 5.11 Å². The smallest absolute Gasteiger partial charge is 0.328 e. The second kappa shape index (κ2) is 5.87. The molecule has 1 fully saturated rings. The summed E-state index contributed by atoms with van der Waals surface area (Å²) in [4.78, 5) is 12.7. The second-order valence-electron chi connectivity index (χ2n) is 4.85. The van der Waals surface area contributed by atoms with Crippen LogP contribution in [0.25, 0.3) is 6.08 Å². The Morgan fingerprint density at radius 1 is 1.58 bits per heavy atom. The average Bonchev–Trinajstić information content (AvgIpc) is 2.85. The van der Waals surface area contributed by atoms with Crippen molar-refractivity contribution in [3.63, 3.8) is 0 Å². The lowest BCUT2D eigenvalue weighted by molar-refractivity contribution is -0.131. The predicted molar refractivity (Wildman–Crippen MR) is 73.7 cm³/mol. The SMILES string of the molecule is CCC1CCN(c2cccc(F)c2/C=C/C(=O)O)C1. The molecule has 1 aromatic carbocycles. The summed E-state index contributed by atoms with van der Waals surface area (Å²) in [6, 6.07) is 4.88. The van der Waals surface area contributed by atoms with Crippen LogP contribution in [0.1, 0.15) is 25.3 Å². The third-order valence-corrected chi connectivity index (χ3v) is 3.63. The van der Waals surface area contributed by atoms with Crippen LogP contribution >= 0.6 is 0 Å². The minimum atomic E-state index is -1.07. The van der Waals surface area contributed by atoms with Gasteiger partial charge in [-0.25, -0.2) is 9.18 Å². The molecule has 102 valence electrons. The van der Waals surface area contributed by atoms with Gasteiger partial charge in [0, 0.05) is 30.4 Å². The van der Waals surface area contributed by atoms with E-state index in [1.165, 1.54) is 12.1 Å². The van der Waals surface area contributed by atoms with E-state index in [-0.39, 0.29) is 5.82 Å². The number of carboxylic acids is 1. The molecule has 0 radical (unpaired) electrons. The van der Waals surface area contributed by atoms with Gasteiger partial charge < -0.3 is 10.0 Å². The predicted octanol–water partition coefficient (Wildman–Crippen LogP) is 3.16. The zero-order valence-corrected chi connectivity index (χ0v) is 11.0. The van der Waals surface area contributed by atoms with E-state index >= 15 is 0 Å². The standard InChI is InChI=1S/C15H18FNO2/c1-2-11-8-9-17(10-11)14-5-3-4-13(16)12(14)6-7-15(18)19/h3-7,11H,2,8-10H2,1H3,(H,18,19)/b7-6+. The fourth-order valence-corrected chi connectivity index (χ4v) is 2.51. The van der Waals surface area contributed by atoms with Gasteiger partial charge >= 0.3 is 5.97 Å². The van der Waals surface area contributed by atoms with Gasteiger partial charge in [0.2, 0.25) is 0 Å². The molecule has 1 aliphatic heterocycles. The molecule has 0 spiro atoms. The van der Waals surface area contributed by atoms with Gasteiger partial charge in [-0.05, 0) is 30.5 Å². The van der Waals surface area contributed by atoms with Crippen molar-refractivity contribution < 1.29 is 14.3 Å². The van der Waals surface area contributed by atoms with Crippen LogP contribution in [0.4, 0.5) is 10.1 Å². The van der Waals surface area contributed by atoms with Crippen LogP contribution in [0.3, 0.4) is 0 Å². The van der Waals surface area contributed by atoms with Crippen molar-refractivity contribution in [2.45, 2.75) is 19.8 Å². The molecule has 2 rings (SSSR count). The Hall–Kier alpha value is -1.84. The van der Waals surface area contributed by atoms with E-state index in [0.717, 1.165) is 37.7 Å². The normalized spacial score (nSPS) is 19.3. The second-order valence-corrected chi connectivity index (χ2v) is 4.85.